The summed E-state index contributed by atoms with van der Waals surface area (Å²) in [5, 5.41) is 6.16. The van der Waals surface area contributed by atoms with Gasteiger partial charge in [0, 0.05) is 12.5 Å². The molecule has 2 N–H and O–H groups in total. The van der Waals surface area contributed by atoms with E-state index >= 15 is 0 Å². The normalized spacial score (nSPS) is 13.2. The summed E-state index contributed by atoms with van der Waals surface area (Å²) < 4.78 is 10.6. The number of nitrogens with zero attached hydrogens (tertiary/aromatic N) is 1. The molecule has 25 heavy (non-hydrogen) atoms. The molecule has 0 spiro atoms. The average Bonchev–Trinajstić information content (AvgIpc) is 3.48. The van der Waals surface area contributed by atoms with Crippen molar-refractivity contribution < 1.29 is 14.3 Å². The van der Waals surface area contributed by atoms with E-state index in [1.54, 1.807) is 20.4 Å². The quantitative estimate of drug-likeness (QED) is 0.772. The molecule has 1 heterocycles. The van der Waals surface area contributed by atoms with Crippen LogP contribution in [0.15, 0.2) is 36.5 Å². The molecule has 1 saturated carbocycles. The predicted octanol–water partition coefficient (Wildman–Crippen LogP) is 3.10. The van der Waals surface area contributed by atoms with Gasteiger partial charge in [0.05, 0.1) is 26.1 Å². The molecule has 0 saturated heterocycles. The van der Waals surface area contributed by atoms with Gasteiger partial charge in [-0.25, -0.2) is 4.98 Å². The number of aromatic nitrogens is 1. The zero-order valence-corrected chi connectivity index (χ0v) is 14.5. The molecule has 6 nitrogen and oxygen atoms in total. The Morgan fingerprint density at radius 1 is 1.16 bits per heavy atom. The molecule has 2 aromatic rings. The van der Waals surface area contributed by atoms with E-state index in [1.807, 2.05) is 30.3 Å². The minimum Gasteiger partial charge on any atom is -0.493 e. The smallest absolute Gasteiger partial charge is 0.227 e. The molecule has 0 unspecified atom stereocenters. The number of carbonyl (C=O) groups is 1. The highest BCUT2D eigenvalue weighted by atomic mass is 16.5. The number of anilines is 2. The van der Waals surface area contributed by atoms with Gasteiger partial charge in [0.25, 0.3) is 0 Å². The Bertz CT molecular complexity index is 727. The van der Waals surface area contributed by atoms with Crippen LogP contribution in [0.3, 0.4) is 0 Å². The Morgan fingerprint density at radius 3 is 2.60 bits per heavy atom. The van der Waals surface area contributed by atoms with Crippen LogP contribution >= 0.6 is 0 Å². The molecule has 1 fully saturated rings. The number of rotatable bonds is 8. The van der Waals surface area contributed by atoms with Crippen LogP contribution in [-0.2, 0) is 11.2 Å². The van der Waals surface area contributed by atoms with Crippen molar-refractivity contribution in [1.82, 2.24) is 4.98 Å². The molecule has 132 valence electrons. The average molecular weight is 341 g/mol. The first-order valence-electron chi connectivity index (χ1n) is 8.41. The maximum atomic E-state index is 11.7. The Labute approximate surface area is 147 Å². The third-order valence-corrected chi connectivity index (χ3v) is 4.15. The van der Waals surface area contributed by atoms with Gasteiger partial charge in [0.2, 0.25) is 5.91 Å². The van der Waals surface area contributed by atoms with Crippen LogP contribution in [0.25, 0.3) is 0 Å². The number of pyridine rings is 1. The minimum absolute atomic E-state index is 0.0935. The van der Waals surface area contributed by atoms with Crippen molar-refractivity contribution >= 4 is 17.4 Å². The van der Waals surface area contributed by atoms with Crippen molar-refractivity contribution in [2.45, 2.75) is 19.3 Å². The zero-order chi connectivity index (χ0) is 17.6. The molecule has 6 heteroatoms. The summed E-state index contributed by atoms with van der Waals surface area (Å²) in [6.45, 7) is 0.746. The van der Waals surface area contributed by atoms with Crippen molar-refractivity contribution in [3.63, 3.8) is 0 Å². The zero-order valence-electron chi connectivity index (χ0n) is 14.5. The van der Waals surface area contributed by atoms with Gasteiger partial charge < -0.3 is 20.1 Å². The molecule has 0 aliphatic heterocycles. The lowest BCUT2D eigenvalue weighted by Gasteiger charge is -2.10. The fourth-order valence-corrected chi connectivity index (χ4v) is 2.53. The third kappa shape index (κ3) is 4.62. The third-order valence-electron chi connectivity index (χ3n) is 4.15. The van der Waals surface area contributed by atoms with E-state index < -0.39 is 0 Å². The summed E-state index contributed by atoms with van der Waals surface area (Å²) in [6.07, 6.45) is 4.51. The minimum atomic E-state index is 0.0935. The molecule has 0 bridgehead atoms. The maximum Gasteiger partial charge on any atom is 0.227 e. The van der Waals surface area contributed by atoms with Crippen molar-refractivity contribution in [3.05, 3.63) is 42.1 Å². The summed E-state index contributed by atoms with van der Waals surface area (Å²) in [4.78, 5) is 16.0. The maximum absolute atomic E-state index is 11.7. The van der Waals surface area contributed by atoms with E-state index in [4.69, 9.17) is 9.47 Å². The lowest BCUT2D eigenvalue weighted by Crippen LogP contribution is -2.13. The summed E-state index contributed by atoms with van der Waals surface area (Å²) in [5.41, 5.74) is 1.89. The van der Waals surface area contributed by atoms with Crippen LogP contribution in [0.5, 0.6) is 11.5 Å². The largest absolute Gasteiger partial charge is 0.493 e. The Hall–Kier alpha value is -2.76. The highest BCUT2D eigenvalue weighted by molar-refractivity contribution is 5.93. The van der Waals surface area contributed by atoms with Gasteiger partial charge in [-0.2, -0.15) is 0 Å². The second-order valence-electron chi connectivity index (χ2n) is 6.06. The highest BCUT2D eigenvalue weighted by Crippen LogP contribution is 2.30. The van der Waals surface area contributed by atoms with Crippen LogP contribution in [0.2, 0.25) is 0 Å². The van der Waals surface area contributed by atoms with E-state index in [1.165, 1.54) is 0 Å². The van der Waals surface area contributed by atoms with E-state index in [2.05, 4.69) is 15.6 Å². The lowest BCUT2D eigenvalue weighted by atomic mass is 10.1. The number of amides is 1. The molecular weight excluding hydrogens is 318 g/mol. The fourth-order valence-electron chi connectivity index (χ4n) is 2.53. The molecule has 1 amide bonds. The number of hydrogen-bond donors (Lipinski definition) is 2. The van der Waals surface area contributed by atoms with Gasteiger partial charge in [0.15, 0.2) is 11.5 Å². The molecule has 0 atom stereocenters. The van der Waals surface area contributed by atoms with Crippen LogP contribution in [0.4, 0.5) is 11.5 Å². The van der Waals surface area contributed by atoms with Gasteiger partial charge in [-0.05, 0) is 49.1 Å². The molecule has 0 radical (unpaired) electrons. The Kier molecular flexibility index (Phi) is 5.38. The van der Waals surface area contributed by atoms with Crippen molar-refractivity contribution in [2.24, 2.45) is 5.92 Å². The topological polar surface area (TPSA) is 72.5 Å². The van der Waals surface area contributed by atoms with Gasteiger partial charge in [-0.3, -0.25) is 4.79 Å². The number of ether oxygens (including phenoxy) is 2. The van der Waals surface area contributed by atoms with Crippen LogP contribution in [-0.4, -0.2) is 31.7 Å². The SMILES string of the molecule is COc1ccc(CCNc2ccc(NC(=O)C3CC3)cn2)cc1OC. The number of methoxy groups -OCH3 is 2. The van der Waals surface area contributed by atoms with Gasteiger partial charge >= 0.3 is 0 Å². The van der Waals surface area contributed by atoms with Gasteiger partial charge in [0.1, 0.15) is 5.82 Å². The monoisotopic (exact) mass is 341 g/mol. The van der Waals surface area contributed by atoms with Crippen molar-refractivity contribution in [3.8, 4) is 11.5 Å². The van der Waals surface area contributed by atoms with Gasteiger partial charge in [-0.15, -0.1) is 0 Å². The number of carbonyl (C=O) groups excluding carboxylic acids is 1. The summed E-state index contributed by atoms with van der Waals surface area (Å²) >= 11 is 0. The van der Waals surface area contributed by atoms with Crippen LogP contribution < -0.4 is 20.1 Å². The number of nitrogens with one attached hydrogen (secondary N) is 2. The highest BCUT2D eigenvalue weighted by Gasteiger charge is 2.29. The second-order valence-corrected chi connectivity index (χ2v) is 6.06. The number of hydrogen-bond acceptors (Lipinski definition) is 5. The molecular formula is C19H23N3O3. The van der Waals surface area contributed by atoms with E-state index in [-0.39, 0.29) is 11.8 Å². The first-order chi connectivity index (χ1) is 12.2. The molecule has 1 aliphatic carbocycles. The first kappa shape index (κ1) is 17.1. The van der Waals surface area contributed by atoms with Crippen molar-refractivity contribution in [2.75, 3.05) is 31.4 Å². The van der Waals surface area contributed by atoms with E-state index in [9.17, 15) is 4.79 Å². The summed E-state index contributed by atoms with van der Waals surface area (Å²) in [5.74, 6) is 2.53. The second kappa shape index (κ2) is 7.88. The first-order valence-corrected chi connectivity index (χ1v) is 8.41. The summed E-state index contributed by atoms with van der Waals surface area (Å²) in [6, 6.07) is 9.64. The lowest BCUT2D eigenvalue weighted by molar-refractivity contribution is -0.117. The molecule has 1 aromatic heterocycles. The molecule has 1 aromatic carbocycles. The van der Waals surface area contributed by atoms with Crippen molar-refractivity contribution in [1.29, 1.82) is 0 Å². The Balaban J connectivity index is 1.49. The molecule has 3 rings (SSSR count). The summed E-state index contributed by atoms with van der Waals surface area (Å²) in [7, 11) is 3.26. The van der Waals surface area contributed by atoms with Crippen LogP contribution in [0.1, 0.15) is 18.4 Å². The van der Waals surface area contributed by atoms with Crippen LogP contribution in [0, 0.1) is 5.92 Å². The van der Waals surface area contributed by atoms with Gasteiger partial charge in [-0.1, -0.05) is 6.07 Å². The molecule has 1 aliphatic rings. The Morgan fingerprint density at radius 2 is 1.96 bits per heavy atom. The number of benzene rings is 1. The predicted molar refractivity (Wildman–Crippen MR) is 97.3 cm³/mol. The standard InChI is InChI=1S/C19H23N3O3/c1-24-16-7-3-13(11-17(16)25-2)9-10-20-18-8-6-15(12-21-18)22-19(23)14-4-5-14/h3,6-8,11-12,14H,4-5,9-10H2,1-2H3,(H,20,21)(H,22,23). The van der Waals surface area contributed by atoms with E-state index in [0.717, 1.165) is 54.4 Å². The van der Waals surface area contributed by atoms with E-state index in [0.29, 0.717) is 0 Å². The fraction of sp³-hybridized carbons (Fsp3) is 0.368.